The summed E-state index contributed by atoms with van der Waals surface area (Å²) >= 11 is 0. The lowest BCUT2D eigenvalue weighted by Gasteiger charge is -2.07. The van der Waals surface area contributed by atoms with Gasteiger partial charge in [-0.25, -0.2) is 10.5 Å². The molecule has 25 nitrogen and oxygen atoms in total. The molecule has 0 bridgehead atoms. The van der Waals surface area contributed by atoms with Crippen LogP contribution in [-0.4, -0.2) is 15.8 Å². The van der Waals surface area contributed by atoms with E-state index in [1.54, 1.807) is 0 Å². The summed E-state index contributed by atoms with van der Waals surface area (Å²) in [5.74, 6) is 0. The topological polar surface area (TPSA) is 290 Å². The van der Waals surface area contributed by atoms with Crippen LogP contribution in [0.4, 0.5) is 0 Å². The van der Waals surface area contributed by atoms with Crippen LogP contribution < -0.4 is 0 Å². The third-order valence-electron chi connectivity index (χ3n) is 0.814. The highest BCUT2D eigenvalue weighted by Gasteiger charge is 2.09. The van der Waals surface area contributed by atoms with Crippen molar-refractivity contribution >= 4 is 0 Å². The first kappa shape index (κ1) is 22.2. The van der Waals surface area contributed by atoms with Crippen molar-refractivity contribution < 1.29 is 70.9 Å². The molecule has 0 aromatic carbocycles. The second-order valence-corrected chi connectivity index (χ2v) is 1.90. The summed E-state index contributed by atoms with van der Waals surface area (Å²) in [5, 5.41) is 73.9. The molecule has 0 aromatic heterocycles. The molecule has 3 N–H and O–H groups in total. The SMILES string of the molecule is N=N/N=N/N=N/N=N/N=N/N(OOOOOOO)OOOOOOO. The lowest BCUT2D eigenvalue weighted by Crippen LogP contribution is -2.19. The van der Waals surface area contributed by atoms with Crippen molar-refractivity contribution in [2.45, 2.75) is 0 Å². The van der Waals surface area contributed by atoms with Gasteiger partial charge in [-0.1, -0.05) is 0 Å². The lowest BCUT2D eigenvalue weighted by molar-refractivity contribution is -0.842. The van der Waals surface area contributed by atoms with Gasteiger partial charge in [-0.2, -0.15) is 5.53 Å². The number of hydrogen-bond donors (Lipinski definition) is 3. The van der Waals surface area contributed by atoms with Gasteiger partial charge in [0, 0.05) is 20.9 Å². The average molecular weight is 381 g/mol. The van der Waals surface area contributed by atoms with E-state index in [1.807, 2.05) is 0 Å². The molecular weight excluding hydrogens is 378 g/mol. The monoisotopic (exact) mass is 381 g/mol. The van der Waals surface area contributed by atoms with Gasteiger partial charge in [0.25, 0.3) is 0 Å². The van der Waals surface area contributed by atoms with E-state index in [0.29, 0.717) is 0 Å². The van der Waals surface area contributed by atoms with Crippen LogP contribution in [0.2, 0.25) is 0 Å². The Morgan fingerprint density at radius 3 is 1.48 bits per heavy atom. The first-order valence-corrected chi connectivity index (χ1v) is 4.42. The molecule has 0 spiro atoms. The van der Waals surface area contributed by atoms with Crippen molar-refractivity contribution in [3.63, 3.8) is 0 Å². The molecule has 0 aliphatic rings. The number of hydrogen-bond acceptors (Lipinski definition) is 16. The molecule has 0 rings (SSSR count). The maximum atomic E-state index is 7.65. The summed E-state index contributed by atoms with van der Waals surface area (Å²) in [4.78, 5) is 7.87. The first-order chi connectivity index (χ1) is 12.3. The van der Waals surface area contributed by atoms with E-state index in [2.05, 4.69) is 107 Å². The van der Waals surface area contributed by atoms with Gasteiger partial charge < -0.3 is 0 Å². The highest BCUT2D eigenvalue weighted by Crippen LogP contribution is 2.00. The summed E-state index contributed by atoms with van der Waals surface area (Å²) in [5.41, 5.74) is 6.21. The third kappa shape index (κ3) is 17.4. The zero-order valence-electron chi connectivity index (χ0n) is 10.8. The van der Waals surface area contributed by atoms with Crippen LogP contribution in [0.25, 0.3) is 0 Å². The summed E-state index contributed by atoms with van der Waals surface area (Å²) in [6.07, 6.45) is 0. The largest absolute Gasteiger partial charge is 0.219 e. The van der Waals surface area contributed by atoms with Crippen LogP contribution in [0, 0.1) is 5.53 Å². The highest BCUT2D eigenvalue weighted by atomic mass is 17.9. The first-order valence-electron chi connectivity index (χ1n) is 4.42. The van der Waals surface area contributed by atoms with Gasteiger partial charge in [-0.15, -0.1) is 0 Å². The zero-order chi connectivity index (χ0) is 18.4. The summed E-state index contributed by atoms with van der Waals surface area (Å²) in [7, 11) is 0. The number of nitrogens with one attached hydrogen (secondary N) is 1. The Labute approximate surface area is 130 Å². The molecule has 0 unspecified atom stereocenters. The van der Waals surface area contributed by atoms with Gasteiger partial charge in [0.05, 0.1) is 5.34 Å². The molecule has 0 amide bonds. The molecule has 0 saturated carbocycles. The van der Waals surface area contributed by atoms with Crippen LogP contribution in [0.3, 0.4) is 0 Å². The Morgan fingerprint density at radius 2 is 1.00 bits per heavy atom. The Bertz CT molecular complexity index is 392. The molecule has 0 radical (unpaired) electrons. The second kappa shape index (κ2) is 19.3. The van der Waals surface area contributed by atoms with E-state index in [0.717, 1.165) is 0 Å². The summed E-state index contributed by atoms with van der Waals surface area (Å²) in [6.45, 7) is 0. The van der Waals surface area contributed by atoms with E-state index in [9.17, 15) is 0 Å². The van der Waals surface area contributed by atoms with Crippen molar-refractivity contribution in [1.29, 1.82) is 5.53 Å². The van der Waals surface area contributed by atoms with Crippen molar-refractivity contribution in [1.82, 2.24) is 5.34 Å². The second-order valence-electron chi connectivity index (χ2n) is 1.90. The number of rotatable bonds is 17. The van der Waals surface area contributed by atoms with Gasteiger partial charge in [0.2, 0.25) is 0 Å². The molecule has 0 heterocycles. The predicted molar refractivity (Wildman–Crippen MR) is 44.7 cm³/mol. The molecular formula is H3N11O14. The maximum Gasteiger partial charge on any atom is 0.0559 e. The minimum Gasteiger partial charge on any atom is -0.219 e. The minimum absolute atomic E-state index is 0.235. The highest BCUT2D eigenvalue weighted by molar-refractivity contribution is 4.09. The van der Waals surface area contributed by atoms with Gasteiger partial charge in [0.15, 0.2) is 0 Å². The Balaban J connectivity index is 4.17. The molecule has 0 aliphatic carbocycles. The van der Waals surface area contributed by atoms with Crippen LogP contribution in [0.15, 0.2) is 47.0 Å². The predicted octanol–water partition coefficient (Wildman–Crippen LogP) is 0.828. The molecule has 142 valence electrons. The normalized spacial score (nSPS) is 12.2. The Morgan fingerprint density at radius 1 is 0.560 bits per heavy atom. The summed E-state index contributed by atoms with van der Waals surface area (Å²) in [6, 6.07) is 0. The van der Waals surface area contributed by atoms with Crippen molar-refractivity contribution in [2.24, 2.45) is 47.0 Å². The quantitative estimate of drug-likeness (QED) is 0.136. The molecule has 25 heteroatoms. The molecule has 0 aromatic rings. The molecule has 0 aliphatic heterocycles. The van der Waals surface area contributed by atoms with E-state index in [1.165, 1.54) is 0 Å². The molecule has 0 fully saturated rings. The van der Waals surface area contributed by atoms with E-state index in [4.69, 9.17) is 16.0 Å². The van der Waals surface area contributed by atoms with Gasteiger partial charge in [-0.3, -0.25) is 0 Å². The third-order valence-corrected chi connectivity index (χ3v) is 0.814. The fourth-order valence-electron chi connectivity index (χ4n) is 0.349. The maximum absolute atomic E-state index is 7.65. The standard InChI is InChI=1S/H3N11O14/c1-2-3-4-5-6-7-8-9-10-11(14-18-22-24-20-16-12)15-19-23-25-21-17-13/h1,12-13H/b2-1?,4-3+,6-5+,8-7+,10-9+. The lowest BCUT2D eigenvalue weighted by atomic mass is 12.3. The van der Waals surface area contributed by atoms with E-state index < -0.39 is 0 Å². The van der Waals surface area contributed by atoms with Crippen molar-refractivity contribution in [3.05, 3.63) is 0 Å². The van der Waals surface area contributed by atoms with E-state index >= 15 is 0 Å². The van der Waals surface area contributed by atoms with Crippen LogP contribution in [-0.2, 0) is 60.4 Å². The smallest absolute Gasteiger partial charge is 0.0559 e. The van der Waals surface area contributed by atoms with E-state index in [-0.39, 0.29) is 5.34 Å². The Hall–Kier alpha value is -2.76. The zero-order valence-corrected chi connectivity index (χ0v) is 10.8. The Kier molecular flexibility index (Phi) is 17.2. The fraction of sp³-hybridized carbons (Fsp3) is 0. The molecule has 0 saturated heterocycles. The van der Waals surface area contributed by atoms with Gasteiger partial charge in [0.1, 0.15) is 0 Å². The van der Waals surface area contributed by atoms with Crippen LogP contribution >= 0.6 is 0 Å². The van der Waals surface area contributed by atoms with Crippen LogP contribution in [0.1, 0.15) is 0 Å². The molecule has 25 heavy (non-hydrogen) atoms. The van der Waals surface area contributed by atoms with Crippen LogP contribution in [0.5, 0.6) is 0 Å². The van der Waals surface area contributed by atoms with Gasteiger partial charge in [-0.05, 0) is 86.5 Å². The minimum atomic E-state index is -0.235. The fourth-order valence-corrected chi connectivity index (χ4v) is 0.349. The molecule has 0 atom stereocenters. The summed E-state index contributed by atoms with van der Waals surface area (Å²) < 4.78 is 0. The average Bonchev–Trinajstić information content (AvgIpc) is 2.62. The van der Waals surface area contributed by atoms with Gasteiger partial charge >= 0.3 is 0 Å². The van der Waals surface area contributed by atoms with Crippen molar-refractivity contribution in [2.75, 3.05) is 0 Å². The van der Waals surface area contributed by atoms with Crippen molar-refractivity contribution in [3.8, 4) is 0 Å². The number of nitrogens with zero attached hydrogens (tertiary/aromatic N) is 10.